The second-order valence-corrected chi connectivity index (χ2v) is 6.44. The SMILES string of the molecule is COC(=O)CCN(C)c1ccc(S(C)(=O)=O)cc1[N+](=O)[O-]. The van der Waals surface area contributed by atoms with Crippen LogP contribution in [0.5, 0.6) is 0 Å². The van der Waals surface area contributed by atoms with Gasteiger partial charge in [0, 0.05) is 25.9 Å². The summed E-state index contributed by atoms with van der Waals surface area (Å²) in [5.74, 6) is -0.433. The summed E-state index contributed by atoms with van der Waals surface area (Å²) in [6.45, 7) is 0.214. The summed E-state index contributed by atoms with van der Waals surface area (Å²) in [4.78, 5) is 22.9. The molecule has 0 aromatic heterocycles. The molecule has 0 saturated carbocycles. The predicted molar refractivity (Wildman–Crippen MR) is 76.1 cm³/mol. The number of esters is 1. The molecule has 0 fully saturated rings. The zero-order valence-electron chi connectivity index (χ0n) is 11.9. The number of nitro benzene ring substituents is 1. The first kappa shape index (κ1) is 16.9. The van der Waals surface area contributed by atoms with Gasteiger partial charge in [0.25, 0.3) is 5.69 Å². The van der Waals surface area contributed by atoms with Crippen LogP contribution in [0.2, 0.25) is 0 Å². The Labute approximate surface area is 122 Å². The summed E-state index contributed by atoms with van der Waals surface area (Å²) in [7, 11) is -0.698. The van der Waals surface area contributed by atoms with Gasteiger partial charge in [0.1, 0.15) is 5.69 Å². The van der Waals surface area contributed by atoms with E-state index < -0.39 is 20.7 Å². The number of carbonyl (C=O) groups excluding carboxylic acids is 1. The molecule has 0 aliphatic rings. The maximum Gasteiger partial charge on any atom is 0.307 e. The van der Waals surface area contributed by atoms with Crippen molar-refractivity contribution in [2.45, 2.75) is 11.3 Å². The molecule has 0 bridgehead atoms. The number of carbonyl (C=O) groups is 1. The normalized spacial score (nSPS) is 11.0. The van der Waals surface area contributed by atoms with Gasteiger partial charge in [-0.3, -0.25) is 14.9 Å². The highest BCUT2D eigenvalue weighted by atomic mass is 32.2. The van der Waals surface area contributed by atoms with Crippen LogP contribution in [0.15, 0.2) is 23.1 Å². The minimum atomic E-state index is -3.53. The first-order valence-corrected chi connectivity index (χ1v) is 7.82. The summed E-state index contributed by atoms with van der Waals surface area (Å²) in [5.41, 5.74) is -0.0957. The molecule has 0 saturated heterocycles. The van der Waals surface area contributed by atoms with Crippen LogP contribution in [0.4, 0.5) is 11.4 Å². The third-order valence-electron chi connectivity index (χ3n) is 2.86. The van der Waals surface area contributed by atoms with Crippen molar-refractivity contribution in [3.05, 3.63) is 28.3 Å². The zero-order valence-corrected chi connectivity index (χ0v) is 12.7. The molecule has 1 aromatic carbocycles. The van der Waals surface area contributed by atoms with E-state index in [9.17, 15) is 23.3 Å². The lowest BCUT2D eigenvalue weighted by molar-refractivity contribution is -0.384. The third-order valence-corrected chi connectivity index (χ3v) is 3.97. The molecule has 0 aliphatic heterocycles. The van der Waals surface area contributed by atoms with E-state index in [1.54, 1.807) is 7.05 Å². The second kappa shape index (κ2) is 6.53. The van der Waals surface area contributed by atoms with Gasteiger partial charge >= 0.3 is 5.97 Å². The van der Waals surface area contributed by atoms with E-state index in [0.717, 1.165) is 12.3 Å². The van der Waals surface area contributed by atoms with E-state index in [1.165, 1.54) is 24.1 Å². The Morgan fingerprint density at radius 2 is 2.05 bits per heavy atom. The Bertz CT molecular complexity index is 656. The van der Waals surface area contributed by atoms with Crippen molar-refractivity contribution in [3.63, 3.8) is 0 Å². The van der Waals surface area contributed by atoms with Crippen LogP contribution in [0, 0.1) is 10.1 Å². The summed E-state index contributed by atoms with van der Waals surface area (Å²) < 4.78 is 27.4. The number of benzene rings is 1. The molecule has 21 heavy (non-hydrogen) atoms. The number of nitrogens with zero attached hydrogens (tertiary/aromatic N) is 2. The Balaban J connectivity index is 3.12. The highest BCUT2D eigenvalue weighted by Crippen LogP contribution is 2.30. The van der Waals surface area contributed by atoms with E-state index in [-0.39, 0.29) is 29.2 Å². The van der Waals surface area contributed by atoms with Crippen LogP contribution >= 0.6 is 0 Å². The number of hydrogen-bond acceptors (Lipinski definition) is 7. The van der Waals surface area contributed by atoms with Crippen LogP contribution in [-0.4, -0.2) is 46.3 Å². The fourth-order valence-corrected chi connectivity index (χ4v) is 2.33. The summed E-state index contributed by atoms with van der Waals surface area (Å²) in [5, 5.41) is 11.1. The lowest BCUT2D eigenvalue weighted by atomic mass is 10.2. The lowest BCUT2D eigenvalue weighted by Crippen LogP contribution is -2.22. The Hall–Kier alpha value is -2.16. The minimum Gasteiger partial charge on any atom is -0.469 e. The van der Waals surface area contributed by atoms with Crippen LogP contribution < -0.4 is 4.90 Å². The van der Waals surface area contributed by atoms with Crippen LogP contribution in [0.3, 0.4) is 0 Å². The standard InChI is InChI=1S/C12H16N2O6S/c1-13(7-6-12(15)20-2)10-5-4-9(21(3,18)19)8-11(10)14(16)17/h4-5,8H,6-7H2,1-3H3. The summed E-state index contributed by atoms with van der Waals surface area (Å²) in [6.07, 6.45) is 1.05. The topological polar surface area (TPSA) is 107 Å². The van der Waals surface area contributed by atoms with Crippen molar-refractivity contribution in [1.29, 1.82) is 0 Å². The van der Waals surface area contributed by atoms with Gasteiger partial charge in [0.05, 0.1) is 23.3 Å². The molecule has 1 rings (SSSR count). The van der Waals surface area contributed by atoms with Gasteiger partial charge in [-0.05, 0) is 12.1 Å². The van der Waals surface area contributed by atoms with Crippen LogP contribution in [-0.2, 0) is 19.4 Å². The largest absolute Gasteiger partial charge is 0.469 e. The monoisotopic (exact) mass is 316 g/mol. The number of methoxy groups -OCH3 is 1. The highest BCUT2D eigenvalue weighted by molar-refractivity contribution is 7.90. The molecule has 0 aliphatic carbocycles. The van der Waals surface area contributed by atoms with E-state index in [4.69, 9.17) is 0 Å². The van der Waals surface area contributed by atoms with Crippen LogP contribution in [0.1, 0.15) is 6.42 Å². The zero-order chi connectivity index (χ0) is 16.2. The molecule has 0 N–H and O–H groups in total. The minimum absolute atomic E-state index is 0.0674. The molecular weight excluding hydrogens is 300 g/mol. The molecule has 9 heteroatoms. The van der Waals surface area contributed by atoms with Gasteiger partial charge in [-0.15, -0.1) is 0 Å². The Kier molecular flexibility index (Phi) is 5.25. The van der Waals surface area contributed by atoms with Crippen molar-refractivity contribution in [1.82, 2.24) is 0 Å². The van der Waals surface area contributed by atoms with Crippen molar-refractivity contribution < 1.29 is 22.9 Å². The molecule has 0 unspecified atom stereocenters. The Morgan fingerprint density at radius 3 is 2.52 bits per heavy atom. The Morgan fingerprint density at radius 1 is 1.43 bits per heavy atom. The molecule has 0 atom stereocenters. The first-order valence-electron chi connectivity index (χ1n) is 5.93. The number of nitro groups is 1. The van der Waals surface area contributed by atoms with Gasteiger partial charge in [0.15, 0.2) is 9.84 Å². The molecule has 8 nitrogen and oxygen atoms in total. The molecule has 116 valence electrons. The maximum atomic E-state index is 11.4. The molecular formula is C12H16N2O6S. The molecule has 1 aromatic rings. The average Bonchev–Trinajstić information content (AvgIpc) is 2.42. The summed E-state index contributed by atoms with van der Waals surface area (Å²) >= 11 is 0. The highest BCUT2D eigenvalue weighted by Gasteiger charge is 2.21. The van der Waals surface area contributed by atoms with Gasteiger partial charge in [-0.1, -0.05) is 0 Å². The summed E-state index contributed by atoms with van der Waals surface area (Å²) in [6, 6.07) is 3.66. The van der Waals surface area contributed by atoms with Crippen molar-refractivity contribution in [2.24, 2.45) is 0 Å². The van der Waals surface area contributed by atoms with Crippen molar-refractivity contribution in [3.8, 4) is 0 Å². The smallest absolute Gasteiger partial charge is 0.307 e. The first-order chi connectivity index (χ1) is 9.66. The van der Waals surface area contributed by atoms with Crippen LogP contribution in [0.25, 0.3) is 0 Å². The lowest BCUT2D eigenvalue weighted by Gasteiger charge is -2.18. The number of hydrogen-bond donors (Lipinski definition) is 0. The number of rotatable bonds is 6. The van der Waals surface area contributed by atoms with E-state index in [2.05, 4.69) is 4.74 Å². The van der Waals surface area contributed by atoms with Gasteiger partial charge in [-0.2, -0.15) is 0 Å². The number of ether oxygens (including phenoxy) is 1. The van der Waals surface area contributed by atoms with Crippen molar-refractivity contribution in [2.75, 3.05) is 31.9 Å². The molecule has 0 radical (unpaired) electrons. The molecule has 0 heterocycles. The van der Waals surface area contributed by atoms with E-state index in [1.807, 2.05) is 0 Å². The maximum absolute atomic E-state index is 11.4. The fraction of sp³-hybridized carbons (Fsp3) is 0.417. The number of anilines is 1. The molecule has 0 spiro atoms. The van der Waals surface area contributed by atoms with Gasteiger partial charge in [0.2, 0.25) is 0 Å². The van der Waals surface area contributed by atoms with Crippen molar-refractivity contribution >= 4 is 27.2 Å². The second-order valence-electron chi connectivity index (χ2n) is 4.43. The predicted octanol–water partition coefficient (Wildman–Crippen LogP) is 0.998. The van der Waals surface area contributed by atoms with Gasteiger partial charge < -0.3 is 9.64 Å². The number of sulfone groups is 1. The average molecular weight is 316 g/mol. The third kappa shape index (κ3) is 4.42. The fourth-order valence-electron chi connectivity index (χ4n) is 1.68. The quantitative estimate of drug-likeness (QED) is 0.437. The van der Waals surface area contributed by atoms with Gasteiger partial charge in [-0.25, -0.2) is 8.42 Å². The molecule has 0 amide bonds. The van der Waals surface area contributed by atoms with E-state index in [0.29, 0.717) is 0 Å². The van der Waals surface area contributed by atoms with E-state index >= 15 is 0 Å².